The summed E-state index contributed by atoms with van der Waals surface area (Å²) in [7, 11) is 0. The Morgan fingerprint density at radius 1 is 1.25 bits per heavy atom. The third-order valence-electron chi connectivity index (χ3n) is 3.20. The van der Waals surface area contributed by atoms with Crippen molar-refractivity contribution >= 4 is 39.8 Å². The van der Waals surface area contributed by atoms with Gasteiger partial charge in [0.05, 0.1) is 11.4 Å². The first kappa shape index (κ1) is 18.7. The highest BCUT2D eigenvalue weighted by atomic mass is 32.2. The molecule has 0 unspecified atom stereocenters. The molecular formula is C16H21FN4OS2. The normalized spacial score (nSPS) is 10.6. The lowest BCUT2D eigenvalue weighted by atomic mass is 10.2. The lowest BCUT2D eigenvalue weighted by Crippen LogP contribution is -2.26. The molecule has 1 heterocycles. The van der Waals surface area contributed by atoms with E-state index in [1.165, 1.54) is 42.0 Å². The summed E-state index contributed by atoms with van der Waals surface area (Å²) in [5.74, 6) is -0.0399. The van der Waals surface area contributed by atoms with E-state index in [-0.39, 0.29) is 11.7 Å². The average molecular weight is 369 g/mol. The largest absolute Gasteiger partial charge is 0.355 e. The molecule has 24 heavy (non-hydrogen) atoms. The Hall–Kier alpha value is -1.67. The Morgan fingerprint density at radius 3 is 2.88 bits per heavy atom. The predicted octanol–water partition coefficient (Wildman–Crippen LogP) is 4.21. The number of hydrogen-bond acceptors (Lipinski definition) is 6. The monoisotopic (exact) mass is 368 g/mol. The van der Waals surface area contributed by atoms with Gasteiger partial charge in [-0.1, -0.05) is 61.4 Å². The number of nitrogens with zero attached hydrogens (tertiary/aromatic N) is 2. The molecule has 0 aliphatic heterocycles. The van der Waals surface area contributed by atoms with E-state index in [2.05, 4.69) is 27.8 Å². The molecule has 2 N–H and O–H groups in total. The van der Waals surface area contributed by atoms with Crippen LogP contribution in [-0.4, -0.2) is 28.4 Å². The molecule has 8 heteroatoms. The number of unbranched alkanes of at least 4 members (excludes halogenated alkanes) is 3. The van der Waals surface area contributed by atoms with Crippen LogP contribution in [-0.2, 0) is 4.79 Å². The maximum Gasteiger partial charge on any atom is 0.230 e. The van der Waals surface area contributed by atoms with E-state index in [0.29, 0.717) is 20.9 Å². The topological polar surface area (TPSA) is 66.9 Å². The van der Waals surface area contributed by atoms with Crippen LogP contribution in [0.4, 0.5) is 15.2 Å². The molecule has 1 amide bonds. The van der Waals surface area contributed by atoms with Gasteiger partial charge < -0.3 is 10.6 Å². The van der Waals surface area contributed by atoms with E-state index < -0.39 is 0 Å². The van der Waals surface area contributed by atoms with Crippen LogP contribution in [0.3, 0.4) is 0 Å². The van der Waals surface area contributed by atoms with Crippen LogP contribution in [0.15, 0.2) is 28.6 Å². The number of carbonyl (C=O) groups excluding carboxylic acids is 1. The number of para-hydroxylation sites is 1. The molecule has 130 valence electrons. The lowest BCUT2D eigenvalue weighted by Gasteiger charge is -2.03. The minimum absolute atomic E-state index is 0.00434. The van der Waals surface area contributed by atoms with Crippen LogP contribution in [0.1, 0.15) is 32.6 Å². The average Bonchev–Trinajstić information content (AvgIpc) is 3.02. The van der Waals surface area contributed by atoms with Gasteiger partial charge in [0.25, 0.3) is 0 Å². The van der Waals surface area contributed by atoms with Crippen LogP contribution in [0, 0.1) is 5.82 Å². The van der Waals surface area contributed by atoms with Crippen LogP contribution in [0.2, 0.25) is 0 Å². The van der Waals surface area contributed by atoms with Gasteiger partial charge in [-0.25, -0.2) is 4.39 Å². The summed E-state index contributed by atoms with van der Waals surface area (Å²) in [6.07, 6.45) is 4.54. The number of halogens is 1. The summed E-state index contributed by atoms with van der Waals surface area (Å²) in [5.41, 5.74) is 0.357. The molecular weight excluding hydrogens is 347 g/mol. The van der Waals surface area contributed by atoms with Gasteiger partial charge in [0.1, 0.15) is 5.82 Å². The van der Waals surface area contributed by atoms with Crippen molar-refractivity contribution in [2.24, 2.45) is 0 Å². The van der Waals surface area contributed by atoms with Crippen molar-refractivity contribution in [1.29, 1.82) is 0 Å². The zero-order valence-corrected chi connectivity index (χ0v) is 15.2. The first-order valence-electron chi connectivity index (χ1n) is 7.93. The lowest BCUT2D eigenvalue weighted by molar-refractivity contribution is -0.118. The van der Waals surface area contributed by atoms with Crippen LogP contribution in [0.25, 0.3) is 0 Å². The minimum Gasteiger partial charge on any atom is -0.355 e. The number of carbonyl (C=O) groups is 1. The second-order valence-corrected chi connectivity index (χ2v) is 7.38. The van der Waals surface area contributed by atoms with Gasteiger partial charge in [-0.05, 0) is 18.6 Å². The summed E-state index contributed by atoms with van der Waals surface area (Å²) in [6, 6.07) is 6.38. The van der Waals surface area contributed by atoms with Crippen molar-refractivity contribution in [2.45, 2.75) is 36.9 Å². The van der Waals surface area contributed by atoms with Crippen molar-refractivity contribution in [3.63, 3.8) is 0 Å². The minimum atomic E-state index is -0.343. The van der Waals surface area contributed by atoms with Crippen molar-refractivity contribution < 1.29 is 9.18 Å². The van der Waals surface area contributed by atoms with Crippen molar-refractivity contribution in [3.05, 3.63) is 30.1 Å². The van der Waals surface area contributed by atoms with E-state index in [1.807, 2.05) is 0 Å². The summed E-state index contributed by atoms with van der Waals surface area (Å²) < 4.78 is 14.2. The van der Waals surface area contributed by atoms with Crippen LogP contribution >= 0.6 is 23.1 Å². The first-order valence-corrected chi connectivity index (χ1v) is 9.74. The van der Waals surface area contributed by atoms with Crippen molar-refractivity contribution in [2.75, 3.05) is 17.6 Å². The fourth-order valence-corrected chi connectivity index (χ4v) is 3.55. The molecule has 5 nitrogen and oxygen atoms in total. The van der Waals surface area contributed by atoms with Crippen molar-refractivity contribution in [3.8, 4) is 0 Å². The molecule has 2 rings (SSSR count). The smallest absolute Gasteiger partial charge is 0.230 e. The Kier molecular flexibility index (Phi) is 7.97. The van der Waals surface area contributed by atoms with Crippen LogP contribution in [0.5, 0.6) is 0 Å². The number of aromatic nitrogens is 2. The Balaban J connectivity index is 1.72. The Labute approximate surface area is 149 Å². The van der Waals surface area contributed by atoms with Crippen molar-refractivity contribution in [1.82, 2.24) is 15.5 Å². The van der Waals surface area contributed by atoms with E-state index >= 15 is 0 Å². The molecule has 0 aliphatic carbocycles. The maximum absolute atomic E-state index is 13.6. The Morgan fingerprint density at radius 2 is 2.08 bits per heavy atom. The maximum atomic E-state index is 13.6. The van der Waals surface area contributed by atoms with Gasteiger partial charge in [-0.3, -0.25) is 4.79 Å². The quantitative estimate of drug-likeness (QED) is 0.486. The molecule has 0 bridgehead atoms. The molecule has 0 aliphatic rings. The summed E-state index contributed by atoms with van der Waals surface area (Å²) >= 11 is 2.63. The molecule has 0 radical (unpaired) electrons. The molecule has 0 saturated carbocycles. The highest BCUT2D eigenvalue weighted by Crippen LogP contribution is 2.28. The highest BCUT2D eigenvalue weighted by molar-refractivity contribution is 8.01. The number of rotatable bonds is 10. The third-order valence-corrected chi connectivity index (χ3v) is 5.17. The zero-order chi connectivity index (χ0) is 17.2. The standard InChI is InChI=1S/C16H21FN4OS2/c1-2-3-4-7-10-18-14(22)11-23-16-21-20-15(24-16)19-13-9-6-5-8-12(13)17/h5-6,8-9H,2-4,7,10-11H2,1H3,(H,18,22)(H,19,20). The fraction of sp³-hybridized carbons (Fsp3) is 0.438. The summed E-state index contributed by atoms with van der Waals surface area (Å²) in [4.78, 5) is 11.8. The SMILES string of the molecule is CCCCCCNC(=O)CSc1nnc(Nc2ccccc2F)s1. The molecule has 2 aromatic rings. The number of hydrogen-bond donors (Lipinski definition) is 2. The second kappa shape index (κ2) is 10.2. The summed E-state index contributed by atoms with van der Waals surface area (Å²) in [6.45, 7) is 2.88. The molecule has 0 spiro atoms. The zero-order valence-electron chi connectivity index (χ0n) is 13.5. The van der Waals surface area contributed by atoms with Gasteiger partial charge in [0.2, 0.25) is 11.0 Å². The molecule has 0 saturated heterocycles. The molecule has 0 atom stereocenters. The molecule has 0 fully saturated rings. The second-order valence-electron chi connectivity index (χ2n) is 5.18. The highest BCUT2D eigenvalue weighted by Gasteiger charge is 2.09. The number of anilines is 2. The van der Waals surface area contributed by atoms with Gasteiger partial charge in [0.15, 0.2) is 4.34 Å². The van der Waals surface area contributed by atoms with Gasteiger partial charge in [-0.2, -0.15) is 0 Å². The summed E-state index contributed by atoms with van der Waals surface area (Å²) in [5, 5.41) is 14.3. The first-order chi connectivity index (χ1) is 11.7. The molecule has 1 aromatic carbocycles. The van der Waals surface area contributed by atoms with Gasteiger partial charge in [-0.15, -0.1) is 10.2 Å². The number of thioether (sulfide) groups is 1. The number of nitrogens with one attached hydrogen (secondary N) is 2. The van der Waals surface area contributed by atoms with E-state index in [9.17, 15) is 9.18 Å². The van der Waals surface area contributed by atoms with Gasteiger partial charge >= 0.3 is 0 Å². The van der Waals surface area contributed by atoms with Crippen LogP contribution < -0.4 is 10.6 Å². The van der Waals surface area contributed by atoms with Gasteiger partial charge in [0, 0.05) is 6.54 Å². The Bertz CT molecular complexity index is 651. The third kappa shape index (κ3) is 6.45. The molecule has 1 aromatic heterocycles. The predicted molar refractivity (Wildman–Crippen MR) is 97.5 cm³/mol. The fourth-order valence-electron chi connectivity index (χ4n) is 1.95. The van der Waals surface area contributed by atoms with E-state index in [0.717, 1.165) is 19.4 Å². The van der Waals surface area contributed by atoms with E-state index in [4.69, 9.17) is 0 Å². The number of amides is 1. The van der Waals surface area contributed by atoms with E-state index in [1.54, 1.807) is 18.2 Å². The number of benzene rings is 1.